The van der Waals surface area contributed by atoms with E-state index in [4.69, 9.17) is 4.74 Å². The number of hydrogen-bond acceptors (Lipinski definition) is 5. The number of esters is 1. The summed E-state index contributed by atoms with van der Waals surface area (Å²) in [4.78, 5) is 38.7. The van der Waals surface area contributed by atoms with Gasteiger partial charge >= 0.3 is 5.97 Å². The highest BCUT2D eigenvalue weighted by atomic mass is 32.1. The summed E-state index contributed by atoms with van der Waals surface area (Å²) in [5.41, 5.74) is 3.05. The van der Waals surface area contributed by atoms with Gasteiger partial charge in [-0.2, -0.15) is 11.3 Å². The molecule has 1 amide bonds. The second-order valence-electron chi connectivity index (χ2n) is 7.07. The minimum atomic E-state index is -0.891. The van der Waals surface area contributed by atoms with Gasteiger partial charge in [0.05, 0.1) is 6.61 Å². The molecular formula is C22H21NO4S. The van der Waals surface area contributed by atoms with Crippen LogP contribution in [0.3, 0.4) is 0 Å². The highest BCUT2D eigenvalue weighted by Crippen LogP contribution is 2.45. The smallest absolute Gasteiger partial charge is 0.317 e. The molecule has 5 nitrogen and oxygen atoms in total. The molecule has 1 aliphatic heterocycles. The van der Waals surface area contributed by atoms with Gasteiger partial charge in [0, 0.05) is 29.5 Å². The van der Waals surface area contributed by atoms with Crippen molar-refractivity contribution in [2.45, 2.75) is 31.6 Å². The molecule has 1 N–H and O–H groups in total. The van der Waals surface area contributed by atoms with Crippen LogP contribution in [0.5, 0.6) is 0 Å². The number of carbonyl (C=O) groups excluding carboxylic acids is 3. The molecular weight excluding hydrogens is 374 g/mol. The van der Waals surface area contributed by atoms with Crippen molar-refractivity contribution in [3.05, 3.63) is 69.6 Å². The van der Waals surface area contributed by atoms with Gasteiger partial charge in [0.15, 0.2) is 5.78 Å². The number of nitrogens with one attached hydrogen (secondary N) is 1. The third-order valence-electron chi connectivity index (χ3n) is 5.44. The Morgan fingerprint density at radius 3 is 2.61 bits per heavy atom. The summed E-state index contributed by atoms with van der Waals surface area (Å²) in [5, 5.41) is 6.80. The minimum absolute atomic E-state index is 0.0934. The van der Waals surface area contributed by atoms with Crippen molar-refractivity contribution in [3.63, 3.8) is 0 Å². The summed E-state index contributed by atoms with van der Waals surface area (Å²) < 4.78 is 5.26. The Morgan fingerprint density at radius 1 is 1.14 bits per heavy atom. The number of ether oxygens (including phenoxy) is 1. The molecule has 0 unspecified atom stereocenters. The van der Waals surface area contributed by atoms with E-state index in [2.05, 4.69) is 5.32 Å². The monoisotopic (exact) mass is 395 g/mol. The molecule has 2 aromatic rings. The first-order valence-electron chi connectivity index (χ1n) is 9.41. The van der Waals surface area contributed by atoms with Gasteiger partial charge in [0.1, 0.15) is 5.92 Å². The van der Waals surface area contributed by atoms with Gasteiger partial charge in [-0.25, -0.2) is 0 Å². The Morgan fingerprint density at radius 2 is 1.93 bits per heavy atom. The molecule has 2 aliphatic rings. The standard InChI is InChI=1S/C22H21NO4S/c1-2-27-22(26)20-15(13-6-4-3-5-7-13)10-17-19(21(20)25)16(11-18(24)23-17)14-8-9-28-12-14/h3-9,12,15-16,20H,2,10-11H2,1H3,(H,23,24)/t15-,16-,20-/m0/s1. The van der Waals surface area contributed by atoms with E-state index in [0.29, 0.717) is 17.7 Å². The van der Waals surface area contributed by atoms with Gasteiger partial charge in [-0.3, -0.25) is 14.4 Å². The number of carbonyl (C=O) groups is 3. The maximum atomic E-state index is 13.6. The van der Waals surface area contributed by atoms with Crippen LogP contribution < -0.4 is 5.32 Å². The summed E-state index contributed by atoms with van der Waals surface area (Å²) in [6, 6.07) is 11.4. The lowest BCUT2D eigenvalue weighted by Gasteiger charge is -2.37. The second-order valence-corrected chi connectivity index (χ2v) is 7.85. The van der Waals surface area contributed by atoms with Crippen molar-refractivity contribution in [2.75, 3.05) is 6.61 Å². The third-order valence-corrected chi connectivity index (χ3v) is 6.14. The van der Waals surface area contributed by atoms with E-state index in [1.807, 2.05) is 47.2 Å². The number of rotatable bonds is 4. The van der Waals surface area contributed by atoms with E-state index in [0.717, 1.165) is 11.1 Å². The molecule has 6 heteroatoms. The lowest BCUT2D eigenvalue weighted by atomic mass is 9.68. The molecule has 0 radical (unpaired) electrons. The second kappa shape index (κ2) is 7.72. The van der Waals surface area contributed by atoms with Crippen LogP contribution in [0, 0.1) is 5.92 Å². The Kier molecular flexibility index (Phi) is 5.13. The van der Waals surface area contributed by atoms with Crippen LogP contribution >= 0.6 is 11.3 Å². The van der Waals surface area contributed by atoms with Crippen molar-refractivity contribution >= 4 is 29.0 Å². The maximum absolute atomic E-state index is 13.6. The van der Waals surface area contributed by atoms with Crippen molar-refractivity contribution < 1.29 is 19.1 Å². The predicted octanol–water partition coefficient (Wildman–Crippen LogP) is 3.54. The Hall–Kier alpha value is -2.73. The lowest BCUT2D eigenvalue weighted by molar-refractivity contribution is -0.152. The number of allylic oxidation sites excluding steroid dienone is 2. The molecule has 1 aliphatic carbocycles. The van der Waals surface area contributed by atoms with Crippen LogP contribution in [-0.2, 0) is 19.1 Å². The largest absolute Gasteiger partial charge is 0.465 e. The molecule has 0 spiro atoms. The number of ketones is 1. The van der Waals surface area contributed by atoms with Gasteiger partial charge in [-0.05, 0) is 41.3 Å². The summed E-state index contributed by atoms with van der Waals surface area (Å²) in [7, 11) is 0. The zero-order valence-electron chi connectivity index (χ0n) is 15.5. The summed E-state index contributed by atoms with van der Waals surface area (Å²) in [6.07, 6.45) is 0.647. The summed E-state index contributed by atoms with van der Waals surface area (Å²) in [6.45, 7) is 1.96. The molecule has 144 valence electrons. The third kappa shape index (κ3) is 3.29. The molecule has 2 heterocycles. The number of thiophene rings is 1. The van der Waals surface area contributed by atoms with E-state index in [-0.39, 0.29) is 36.6 Å². The van der Waals surface area contributed by atoms with Crippen LogP contribution in [-0.4, -0.2) is 24.3 Å². The van der Waals surface area contributed by atoms with E-state index in [1.54, 1.807) is 6.92 Å². The average Bonchev–Trinajstić information content (AvgIpc) is 3.22. The van der Waals surface area contributed by atoms with Crippen LogP contribution in [0.15, 0.2) is 58.4 Å². The van der Waals surface area contributed by atoms with Gasteiger partial charge < -0.3 is 10.1 Å². The Bertz CT molecular complexity index is 933. The highest BCUT2D eigenvalue weighted by molar-refractivity contribution is 7.08. The molecule has 3 atom stereocenters. The fraction of sp³-hybridized carbons (Fsp3) is 0.318. The number of hydrogen-bond donors (Lipinski definition) is 1. The number of Topliss-reactive ketones (excluding diaryl/α,β-unsaturated/α-hetero) is 1. The topological polar surface area (TPSA) is 72.5 Å². The van der Waals surface area contributed by atoms with Crippen LogP contribution in [0.1, 0.15) is 42.7 Å². The Balaban J connectivity index is 1.81. The first kappa shape index (κ1) is 18.6. The molecule has 4 rings (SSSR count). The zero-order valence-corrected chi connectivity index (χ0v) is 16.3. The maximum Gasteiger partial charge on any atom is 0.317 e. The first-order valence-corrected chi connectivity index (χ1v) is 10.3. The molecule has 0 fully saturated rings. The fourth-order valence-electron chi connectivity index (χ4n) is 4.23. The minimum Gasteiger partial charge on any atom is -0.465 e. The fourth-order valence-corrected chi connectivity index (χ4v) is 4.94. The van der Waals surface area contributed by atoms with Crippen LogP contribution in [0.25, 0.3) is 0 Å². The van der Waals surface area contributed by atoms with Crippen LogP contribution in [0.4, 0.5) is 0 Å². The van der Waals surface area contributed by atoms with Gasteiger partial charge in [0.2, 0.25) is 5.91 Å². The van der Waals surface area contributed by atoms with E-state index in [1.165, 1.54) is 11.3 Å². The van der Waals surface area contributed by atoms with Gasteiger partial charge in [-0.15, -0.1) is 0 Å². The van der Waals surface area contributed by atoms with Crippen molar-refractivity contribution in [1.29, 1.82) is 0 Å². The SMILES string of the molecule is CCOC(=O)[C@@H]1C(=O)C2=C(C[C@H]1c1ccccc1)NC(=O)C[C@H]2c1ccsc1. The lowest BCUT2D eigenvalue weighted by Crippen LogP contribution is -2.44. The number of benzene rings is 1. The molecule has 0 saturated carbocycles. The number of amides is 1. The zero-order chi connectivity index (χ0) is 19.7. The van der Waals surface area contributed by atoms with E-state index < -0.39 is 11.9 Å². The highest BCUT2D eigenvalue weighted by Gasteiger charge is 2.47. The van der Waals surface area contributed by atoms with E-state index in [9.17, 15) is 14.4 Å². The van der Waals surface area contributed by atoms with Crippen molar-refractivity contribution in [2.24, 2.45) is 5.92 Å². The molecule has 28 heavy (non-hydrogen) atoms. The molecule has 0 bridgehead atoms. The molecule has 1 aromatic carbocycles. The van der Waals surface area contributed by atoms with Gasteiger partial charge in [-0.1, -0.05) is 30.3 Å². The van der Waals surface area contributed by atoms with E-state index >= 15 is 0 Å². The summed E-state index contributed by atoms with van der Waals surface area (Å²) >= 11 is 1.53. The van der Waals surface area contributed by atoms with Crippen molar-refractivity contribution in [3.8, 4) is 0 Å². The normalized spacial score (nSPS) is 24.5. The average molecular weight is 395 g/mol. The van der Waals surface area contributed by atoms with Crippen LogP contribution in [0.2, 0.25) is 0 Å². The molecule has 0 saturated heterocycles. The Labute approximate surface area is 167 Å². The van der Waals surface area contributed by atoms with Crippen molar-refractivity contribution in [1.82, 2.24) is 5.32 Å². The van der Waals surface area contributed by atoms with Gasteiger partial charge in [0.25, 0.3) is 0 Å². The predicted molar refractivity (Wildman–Crippen MR) is 106 cm³/mol. The molecule has 1 aromatic heterocycles. The quantitative estimate of drug-likeness (QED) is 0.635. The first-order chi connectivity index (χ1) is 13.6. The summed E-state index contributed by atoms with van der Waals surface area (Å²) in [5.74, 6) is -2.37.